The van der Waals surface area contributed by atoms with Crippen molar-refractivity contribution >= 4 is 44.3 Å². The average Bonchev–Trinajstić information content (AvgIpc) is 3.34. The predicted octanol–water partition coefficient (Wildman–Crippen LogP) is 3.35. The van der Waals surface area contributed by atoms with Crippen molar-refractivity contribution in [2.45, 2.75) is 24.8 Å². The number of anilines is 1. The summed E-state index contributed by atoms with van der Waals surface area (Å²) >= 11 is 1.26. The third-order valence-corrected chi connectivity index (χ3v) is 9.72. The van der Waals surface area contributed by atoms with Crippen molar-refractivity contribution in [2.24, 2.45) is 0 Å². The zero-order valence-electron chi connectivity index (χ0n) is 23.0. The maximum atomic E-state index is 13.7. The summed E-state index contributed by atoms with van der Waals surface area (Å²) in [5, 5.41) is 3.27. The Morgan fingerprint density at radius 1 is 1.07 bits per heavy atom. The number of carbonyl (C=O) groups excluding carboxylic acids is 3. The number of nitrogens with one attached hydrogen (secondary N) is 1. The molecular weight excluding hydrogens is 568 g/mol. The molecular formula is C28H34N4O7S2. The highest BCUT2D eigenvalue weighted by molar-refractivity contribution is 7.89. The molecule has 0 saturated carbocycles. The smallest absolute Gasteiger partial charge is 0.410 e. The summed E-state index contributed by atoms with van der Waals surface area (Å²) in [4.78, 5) is 43.4. The number of rotatable bonds is 10. The van der Waals surface area contributed by atoms with Crippen LogP contribution in [-0.4, -0.2) is 93.0 Å². The molecule has 0 unspecified atom stereocenters. The van der Waals surface area contributed by atoms with Gasteiger partial charge in [-0.3, -0.25) is 9.59 Å². The van der Waals surface area contributed by atoms with E-state index >= 15 is 0 Å². The minimum absolute atomic E-state index is 0.0339. The fraction of sp³-hybridized carbons (Fsp3) is 0.393. The molecule has 0 spiro atoms. The fourth-order valence-electron chi connectivity index (χ4n) is 4.67. The van der Waals surface area contributed by atoms with Gasteiger partial charge in [-0.2, -0.15) is 4.31 Å². The molecule has 0 aliphatic carbocycles. The average molecular weight is 603 g/mol. The van der Waals surface area contributed by atoms with E-state index in [2.05, 4.69) is 18.5 Å². The molecule has 41 heavy (non-hydrogen) atoms. The Morgan fingerprint density at radius 3 is 2.34 bits per heavy atom. The highest BCUT2D eigenvalue weighted by Gasteiger charge is 2.33. The van der Waals surface area contributed by atoms with Gasteiger partial charge in [0.1, 0.15) is 5.00 Å². The van der Waals surface area contributed by atoms with Crippen LogP contribution in [0.15, 0.2) is 54.5 Å². The Balaban J connectivity index is 1.60. The molecule has 0 bridgehead atoms. The van der Waals surface area contributed by atoms with E-state index in [0.29, 0.717) is 49.8 Å². The number of benzene rings is 1. The Morgan fingerprint density at radius 2 is 1.73 bits per heavy atom. The Labute approximate surface area is 244 Å². The van der Waals surface area contributed by atoms with Gasteiger partial charge in [0.2, 0.25) is 10.0 Å². The van der Waals surface area contributed by atoms with E-state index in [-0.39, 0.29) is 42.6 Å². The third-order valence-electron chi connectivity index (χ3n) is 6.74. The lowest BCUT2D eigenvalue weighted by molar-refractivity contribution is 0.0303. The summed E-state index contributed by atoms with van der Waals surface area (Å²) < 4.78 is 37.8. The Hall–Kier alpha value is -3.52. The second kappa shape index (κ2) is 13.4. The standard InChI is InChI=1S/C28H34N4O7S2/c1-4-12-32(13-5-2)41(36,37)21-9-7-20(8-10-21)25(33)29-26-24(27(34)30-15-17-38-18-16-30)22-11-14-31(19-23(22)40-26)28(35)39-6-3/h4-5,7-10H,1-2,6,11-19H2,3H3,(H,29,33). The van der Waals surface area contributed by atoms with Crippen molar-refractivity contribution in [3.8, 4) is 0 Å². The lowest BCUT2D eigenvalue weighted by atomic mass is 10.0. The molecule has 1 aromatic heterocycles. The van der Waals surface area contributed by atoms with Crippen molar-refractivity contribution in [1.82, 2.24) is 14.1 Å². The molecule has 2 aromatic rings. The molecule has 13 heteroatoms. The van der Waals surface area contributed by atoms with Gasteiger partial charge in [0.25, 0.3) is 11.8 Å². The second-order valence-electron chi connectivity index (χ2n) is 9.36. The van der Waals surface area contributed by atoms with Gasteiger partial charge in [0.05, 0.1) is 36.8 Å². The molecule has 4 rings (SSSR count). The molecule has 2 aliphatic heterocycles. The van der Waals surface area contributed by atoms with Crippen LogP contribution in [0.2, 0.25) is 0 Å². The van der Waals surface area contributed by atoms with Crippen LogP contribution in [0.3, 0.4) is 0 Å². The first kappa shape index (κ1) is 30.4. The minimum atomic E-state index is -3.82. The normalized spacial score (nSPS) is 15.3. The van der Waals surface area contributed by atoms with E-state index in [1.807, 2.05) is 0 Å². The number of thiophene rings is 1. The van der Waals surface area contributed by atoms with Crippen molar-refractivity contribution in [3.63, 3.8) is 0 Å². The molecule has 11 nitrogen and oxygen atoms in total. The molecule has 1 fully saturated rings. The molecule has 3 amide bonds. The Bertz CT molecular complexity index is 1400. The second-order valence-corrected chi connectivity index (χ2v) is 12.4. The number of fused-ring (bicyclic) bond motifs is 1. The molecule has 1 saturated heterocycles. The topological polar surface area (TPSA) is 126 Å². The summed E-state index contributed by atoms with van der Waals surface area (Å²) in [6.07, 6.45) is 3.01. The van der Waals surface area contributed by atoms with E-state index in [1.54, 1.807) is 16.7 Å². The van der Waals surface area contributed by atoms with Crippen LogP contribution in [-0.2, 0) is 32.5 Å². The molecule has 1 N–H and O–H groups in total. The van der Waals surface area contributed by atoms with Crippen LogP contribution < -0.4 is 5.32 Å². The van der Waals surface area contributed by atoms with E-state index in [4.69, 9.17) is 9.47 Å². The number of sulfonamides is 1. The quantitative estimate of drug-likeness (QED) is 0.414. The molecule has 220 valence electrons. The van der Waals surface area contributed by atoms with Gasteiger partial charge in [0, 0.05) is 43.2 Å². The van der Waals surface area contributed by atoms with Gasteiger partial charge in [-0.15, -0.1) is 24.5 Å². The molecule has 1 aromatic carbocycles. The molecule has 0 radical (unpaired) electrons. The van der Waals surface area contributed by atoms with E-state index in [0.717, 1.165) is 10.4 Å². The fourth-order valence-corrected chi connectivity index (χ4v) is 7.31. The number of nitrogens with zero attached hydrogens (tertiary/aromatic N) is 3. The van der Waals surface area contributed by atoms with Crippen LogP contribution >= 0.6 is 11.3 Å². The number of hydrogen-bond acceptors (Lipinski definition) is 8. The summed E-state index contributed by atoms with van der Waals surface area (Å²) in [6, 6.07) is 5.61. The van der Waals surface area contributed by atoms with Gasteiger partial charge >= 0.3 is 6.09 Å². The van der Waals surface area contributed by atoms with Crippen LogP contribution in [0.1, 0.15) is 38.1 Å². The number of carbonyl (C=O) groups is 3. The first-order chi connectivity index (χ1) is 19.7. The van der Waals surface area contributed by atoms with Crippen LogP contribution in [0, 0.1) is 0 Å². The largest absolute Gasteiger partial charge is 0.450 e. The molecule has 0 atom stereocenters. The third kappa shape index (κ3) is 6.70. The number of ether oxygens (including phenoxy) is 2. The van der Waals surface area contributed by atoms with Gasteiger partial charge in [-0.05, 0) is 43.2 Å². The Kier molecular flexibility index (Phi) is 9.97. The predicted molar refractivity (Wildman–Crippen MR) is 156 cm³/mol. The van der Waals surface area contributed by atoms with Crippen LogP contribution in [0.5, 0.6) is 0 Å². The summed E-state index contributed by atoms with van der Waals surface area (Å²) in [5.41, 5.74) is 1.47. The maximum absolute atomic E-state index is 13.7. The SMILES string of the molecule is C=CCN(CC=C)S(=O)(=O)c1ccc(C(=O)Nc2sc3c(c2C(=O)N2CCOCC2)CCN(C(=O)OCC)C3)cc1. The van der Waals surface area contributed by atoms with Gasteiger partial charge in [0.15, 0.2) is 0 Å². The van der Waals surface area contributed by atoms with Crippen molar-refractivity contribution in [3.05, 3.63) is 71.1 Å². The summed E-state index contributed by atoms with van der Waals surface area (Å²) in [5.74, 6) is -0.684. The first-order valence-corrected chi connectivity index (χ1v) is 15.5. The van der Waals surface area contributed by atoms with Gasteiger partial charge in [-0.25, -0.2) is 13.2 Å². The highest BCUT2D eigenvalue weighted by Crippen LogP contribution is 2.38. The van der Waals surface area contributed by atoms with E-state index in [9.17, 15) is 22.8 Å². The number of morpholine rings is 1. The summed E-state index contributed by atoms with van der Waals surface area (Å²) in [7, 11) is -3.82. The van der Waals surface area contributed by atoms with Crippen molar-refractivity contribution < 1.29 is 32.3 Å². The summed E-state index contributed by atoms with van der Waals surface area (Å²) in [6.45, 7) is 11.9. The zero-order chi connectivity index (χ0) is 29.6. The van der Waals surface area contributed by atoms with Gasteiger partial charge in [-0.1, -0.05) is 12.2 Å². The monoisotopic (exact) mass is 602 g/mol. The first-order valence-electron chi connectivity index (χ1n) is 13.3. The lowest BCUT2D eigenvalue weighted by Crippen LogP contribution is -2.41. The van der Waals surface area contributed by atoms with E-state index < -0.39 is 22.0 Å². The van der Waals surface area contributed by atoms with Crippen LogP contribution in [0.25, 0.3) is 0 Å². The zero-order valence-corrected chi connectivity index (χ0v) is 24.6. The molecule has 2 aliphatic rings. The minimum Gasteiger partial charge on any atom is -0.450 e. The van der Waals surface area contributed by atoms with Crippen molar-refractivity contribution in [1.29, 1.82) is 0 Å². The highest BCUT2D eigenvalue weighted by atomic mass is 32.2. The lowest BCUT2D eigenvalue weighted by Gasteiger charge is -2.29. The molecule has 3 heterocycles. The van der Waals surface area contributed by atoms with Gasteiger partial charge < -0.3 is 24.6 Å². The van der Waals surface area contributed by atoms with E-state index in [1.165, 1.54) is 52.1 Å². The van der Waals surface area contributed by atoms with Crippen LogP contribution in [0.4, 0.5) is 9.80 Å². The number of hydrogen-bond donors (Lipinski definition) is 1. The number of amides is 3. The maximum Gasteiger partial charge on any atom is 0.410 e. The van der Waals surface area contributed by atoms with Crippen molar-refractivity contribution in [2.75, 3.05) is 57.9 Å².